The van der Waals surface area contributed by atoms with Crippen molar-refractivity contribution in [2.45, 2.75) is 198 Å². The second-order valence-electron chi connectivity index (χ2n) is 17.8. The van der Waals surface area contributed by atoms with E-state index in [9.17, 15) is 40.5 Å². The van der Waals surface area contributed by atoms with Crippen molar-refractivity contribution in [2.24, 2.45) is 35.5 Å². The maximum Gasteiger partial charge on any atom is 0.330 e. The van der Waals surface area contributed by atoms with Crippen molar-refractivity contribution in [2.75, 3.05) is 13.7 Å². The summed E-state index contributed by atoms with van der Waals surface area (Å²) in [5, 5.41) is 75.2. The van der Waals surface area contributed by atoms with Crippen molar-refractivity contribution < 1.29 is 59.5 Å². The van der Waals surface area contributed by atoms with E-state index in [-0.39, 0.29) is 62.3 Å². The van der Waals surface area contributed by atoms with E-state index in [1.807, 2.05) is 32.1 Å². The van der Waals surface area contributed by atoms with E-state index in [2.05, 4.69) is 19.9 Å². The summed E-state index contributed by atoms with van der Waals surface area (Å²) in [5.41, 5.74) is 0. The van der Waals surface area contributed by atoms with Gasteiger partial charge in [0.2, 0.25) is 0 Å². The zero-order valence-electron chi connectivity index (χ0n) is 36.5. The molecule has 336 valence electrons. The maximum atomic E-state index is 13.7. The van der Waals surface area contributed by atoms with Gasteiger partial charge in [-0.1, -0.05) is 65.0 Å². The molecule has 7 N–H and O–H groups in total. The van der Waals surface area contributed by atoms with E-state index < -0.39 is 78.3 Å². The van der Waals surface area contributed by atoms with Crippen molar-refractivity contribution in [3.63, 3.8) is 0 Å². The number of rotatable bonds is 9. The van der Waals surface area contributed by atoms with Gasteiger partial charge in [0.1, 0.15) is 6.10 Å². The van der Waals surface area contributed by atoms with Crippen LogP contribution in [0, 0.1) is 35.5 Å². The van der Waals surface area contributed by atoms with Gasteiger partial charge < -0.3 is 54.7 Å². The van der Waals surface area contributed by atoms with Gasteiger partial charge >= 0.3 is 5.97 Å². The molecule has 0 amide bonds. The molecule has 0 aromatic rings. The highest BCUT2D eigenvalue weighted by atomic mass is 16.7. The van der Waals surface area contributed by atoms with Crippen LogP contribution in [0.1, 0.15) is 131 Å². The number of aliphatic hydroxyl groups is 7. The van der Waals surface area contributed by atoms with Crippen LogP contribution >= 0.6 is 0 Å². The number of allylic oxidation sites excluding steroid dienone is 4. The second kappa shape index (κ2) is 25.3. The first-order valence-electron chi connectivity index (χ1n) is 22.4. The van der Waals surface area contributed by atoms with Crippen LogP contribution in [-0.2, 0) is 23.7 Å². The Balaban J connectivity index is 1.99. The summed E-state index contributed by atoms with van der Waals surface area (Å²) >= 11 is 0. The van der Waals surface area contributed by atoms with Gasteiger partial charge in [0.15, 0.2) is 5.79 Å². The number of fused-ring (bicyclic) bond motifs is 2. The first-order chi connectivity index (χ1) is 27.6. The molecule has 0 aliphatic carbocycles. The molecule has 3 rings (SSSR count). The van der Waals surface area contributed by atoms with Gasteiger partial charge in [0.05, 0.1) is 54.9 Å². The number of hydrogen-bond donors (Lipinski definition) is 7. The summed E-state index contributed by atoms with van der Waals surface area (Å²) < 4.78 is 25.7. The Labute approximate surface area is 348 Å². The molecule has 2 bridgehead atoms. The summed E-state index contributed by atoms with van der Waals surface area (Å²) in [6, 6.07) is 0. The molecule has 12 heteroatoms. The van der Waals surface area contributed by atoms with E-state index in [1.165, 1.54) is 13.2 Å². The lowest BCUT2D eigenvalue weighted by Gasteiger charge is -2.52. The molecule has 2 saturated heterocycles. The van der Waals surface area contributed by atoms with Crippen LogP contribution in [-0.4, -0.2) is 122 Å². The fraction of sp³-hybridized carbons (Fsp3) is 0.848. The minimum absolute atomic E-state index is 0.0172. The highest BCUT2D eigenvalue weighted by Gasteiger charge is 2.52. The van der Waals surface area contributed by atoms with E-state index in [4.69, 9.17) is 18.9 Å². The predicted octanol–water partition coefficient (Wildman–Crippen LogP) is 5.53. The lowest BCUT2D eigenvalue weighted by molar-refractivity contribution is -0.350. The Hall–Kier alpha value is -1.71. The Morgan fingerprint density at radius 1 is 0.879 bits per heavy atom. The summed E-state index contributed by atoms with van der Waals surface area (Å²) in [6.07, 6.45) is 11.3. The molecule has 0 radical (unpaired) electrons. The average molecular weight is 825 g/mol. The van der Waals surface area contributed by atoms with Gasteiger partial charge in [-0.15, -0.1) is 0 Å². The lowest BCUT2D eigenvalue weighted by Crippen LogP contribution is -2.58. The van der Waals surface area contributed by atoms with Gasteiger partial charge in [-0.2, -0.15) is 0 Å². The zero-order chi connectivity index (χ0) is 43.0. The Morgan fingerprint density at radius 2 is 1.59 bits per heavy atom. The van der Waals surface area contributed by atoms with Gasteiger partial charge in [-0.25, -0.2) is 4.79 Å². The first kappa shape index (κ1) is 50.6. The zero-order valence-corrected chi connectivity index (χ0v) is 36.5. The van der Waals surface area contributed by atoms with Crippen LogP contribution in [0.3, 0.4) is 0 Å². The van der Waals surface area contributed by atoms with E-state index in [0.717, 1.165) is 19.3 Å². The highest BCUT2D eigenvalue weighted by molar-refractivity contribution is 5.82. The lowest BCUT2D eigenvalue weighted by atomic mass is 9.78. The van der Waals surface area contributed by atoms with Crippen LogP contribution in [0.15, 0.2) is 36.5 Å². The van der Waals surface area contributed by atoms with Crippen LogP contribution in [0.25, 0.3) is 0 Å². The first-order valence-corrected chi connectivity index (χ1v) is 22.4. The monoisotopic (exact) mass is 825 g/mol. The van der Waals surface area contributed by atoms with Crippen LogP contribution in [0.2, 0.25) is 0 Å². The molecule has 17 atom stereocenters. The number of esters is 1. The van der Waals surface area contributed by atoms with E-state index >= 15 is 0 Å². The number of aliphatic hydroxyl groups excluding tert-OH is 7. The van der Waals surface area contributed by atoms with Crippen molar-refractivity contribution in [1.82, 2.24) is 0 Å². The van der Waals surface area contributed by atoms with E-state index in [0.29, 0.717) is 44.9 Å². The van der Waals surface area contributed by atoms with Crippen molar-refractivity contribution in [1.29, 1.82) is 0 Å². The third kappa shape index (κ3) is 15.3. The topological polar surface area (TPSA) is 196 Å². The van der Waals surface area contributed by atoms with Crippen LogP contribution in [0.4, 0.5) is 0 Å². The largest absolute Gasteiger partial charge is 0.459 e. The van der Waals surface area contributed by atoms with Gasteiger partial charge in [0.25, 0.3) is 0 Å². The summed E-state index contributed by atoms with van der Waals surface area (Å²) in [7, 11) is 1.52. The third-order valence-electron chi connectivity index (χ3n) is 13.5. The molecule has 17 unspecified atom stereocenters. The van der Waals surface area contributed by atoms with E-state index in [1.54, 1.807) is 19.9 Å². The molecule has 3 aliphatic rings. The molecular formula is C46H80O12. The highest BCUT2D eigenvalue weighted by Crippen LogP contribution is 2.47. The Bertz CT molecular complexity index is 1260. The minimum Gasteiger partial charge on any atom is -0.459 e. The molecule has 3 aliphatic heterocycles. The molecule has 58 heavy (non-hydrogen) atoms. The number of hydrogen-bond acceptors (Lipinski definition) is 12. The Morgan fingerprint density at radius 3 is 2.22 bits per heavy atom. The van der Waals surface area contributed by atoms with Crippen molar-refractivity contribution in [3.05, 3.63) is 36.5 Å². The quantitative estimate of drug-likeness (QED) is 0.144. The standard InChI is InChI=1S/C46H80O12/c1-8-33-15-12-10-11-13-17-37(49)30(4)38(50)25-35(55-7)26-39(51)31(5)45(54)34(9-2)19-21-44(53)56-43-28-46(57-41(20-18-33)36(43)16-14-24-47)23-22-29(3)42(58-46)27-40(52)32(6)48/h10-12,15,19,21,29-43,45,47-52,54H,8-9,13-14,16-18,20,22-28H2,1-7H3. The van der Waals surface area contributed by atoms with Crippen molar-refractivity contribution >= 4 is 5.97 Å². The normalized spacial score (nSPS) is 40.6. The minimum atomic E-state index is -1.07. The molecule has 0 aromatic carbocycles. The smallest absolute Gasteiger partial charge is 0.330 e. The Kier molecular flexibility index (Phi) is 22.1. The molecule has 1 spiro atoms. The third-order valence-corrected chi connectivity index (χ3v) is 13.5. The molecule has 12 nitrogen and oxygen atoms in total. The summed E-state index contributed by atoms with van der Waals surface area (Å²) in [6.45, 7) is 11.2. The summed E-state index contributed by atoms with van der Waals surface area (Å²) in [5.74, 6) is -2.96. The van der Waals surface area contributed by atoms with Gasteiger partial charge in [0, 0.05) is 62.7 Å². The number of carbonyl (C=O) groups excluding carboxylic acids is 1. The molecule has 0 aromatic heterocycles. The van der Waals surface area contributed by atoms with Crippen molar-refractivity contribution in [3.8, 4) is 0 Å². The van der Waals surface area contributed by atoms with Crippen LogP contribution in [0.5, 0.6) is 0 Å². The fourth-order valence-electron chi connectivity index (χ4n) is 9.00. The molecule has 0 saturated carbocycles. The SMILES string of the molecule is CCC1C=CC=CCCC(O)C(C)C(O)CC(OC)CC(O)C(C)C(O)C(CC)C=CC(=O)OC2CC3(CCC(C)C(CC(O)C(C)O)O3)OC(CC1)C2CCCO. The summed E-state index contributed by atoms with van der Waals surface area (Å²) in [4.78, 5) is 13.7. The van der Waals surface area contributed by atoms with Crippen LogP contribution < -0.4 is 0 Å². The molecule has 3 heterocycles. The maximum absolute atomic E-state index is 13.7. The predicted molar refractivity (Wildman–Crippen MR) is 223 cm³/mol. The second-order valence-corrected chi connectivity index (χ2v) is 17.8. The fourth-order valence-corrected chi connectivity index (χ4v) is 9.00. The number of methoxy groups -OCH3 is 1. The number of ether oxygens (including phenoxy) is 4. The number of carbonyl (C=O) groups is 1. The average Bonchev–Trinajstić information content (AvgIpc) is 3.19. The van der Waals surface area contributed by atoms with Gasteiger partial charge in [-0.05, 0) is 89.4 Å². The molecule has 2 fully saturated rings. The molecular weight excluding hydrogens is 744 g/mol. The van der Waals surface area contributed by atoms with Gasteiger partial charge in [-0.3, -0.25) is 0 Å².